The van der Waals surface area contributed by atoms with E-state index in [0.29, 0.717) is 0 Å². The van der Waals surface area contributed by atoms with Crippen LogP contribution >= 0.6 is 0 Å². The van der Waals surface area contributed by atoms with Gasteiger partial charge in [-0.15, -0.1) is 0 Å². The fourth-order valence-electron chi connectivity index (χ4n) is 3.58. The Morgan fingerprint density at radius 1 is 1.32 bits per heavy atom. The lowest BCUT2D eigenvalue weighted by Gasteiger charge is -2.13. The highest BCUT2D eigenvalue weighted by Crippen LogP contribution is 2.51. The first-order valence-electron chi connectivity index (χ1n) is 7.04. The highest BCUT2D eigenvalue weighted by Gasteiger charge is 2.46. The maximum atomic E-state index is 11.0. The second-order valence-corrected chi connectivity index (χ2v) is 6.05. The van der Waals surface area contributed by atoms with Crippen LogP contribution in [-0.2, 0) is 23.1 Å². The number of benzene rings is 1. The number of hydrogen-bond acceptors (Lipinski definition) is 1. The van der Waals surface area contributed by atoms with Crippen LogP contribution in [0.1, 0.15) is 42.5 Å². The molecule has 0 saturated heterocycles. The summed E-state index contributed by atoms with van der Waals surface area (Å²) in [5.74, 6) is -0.683. The van der Waals surface area contributed by atoms with Crippen LogP contribution in [0, 0.1) is 0 Å². The maximum absolute atomic E-state index is 11.0. The van der Waals surface area contributed by atoms with Gasteiger partial charge in [-0.3, -0.25) is 4.79 Å². The Bertz CT molecular complexity index is 679. The van der Waals surface area contributed by atoms with Crippen molar-refractivity contribution in [1.82, 2.24) is 4.98 Å². The largest absolute Gasteiger partial charge is 0.481 e. The van der Waals surface area contributed by atoms with Crippen LogP contribution < -0.4 is 0 Å². The van der Waals surface area contributed by atoms with Crippen molar-refractivity contribution in [2.75, 3.05) is 0 Å². The second-order valence-electron chi connectivity index (χ2n) is 6.05. The monoisotopic (exact) mass is 255 g/mol. The molecule has 0 amide bonds. The zero-order valence-corrected chi connectivity index (χ0v) is 10.8. The molecule has 1 saturated carbocycles. The van der Waals surface area contributed by atoms with Gasteiger partial charge in [-0.1, -0.05) is 6.07 Å². The van der Waals surface area contributed by atoms with Crippen molar-refractivity contribution < 1.29 is 9.90 Å². The van der Waals surface area contributed by atoms with Crippen molar-refractivity contribution in [3.05, 3.63) is 35.0 Å². The molecule has 0 unspecified atom stereocenters. The van der Waals surface area contributed by atoms with E-state index in [9.17, 15) is 4.79 Å². The molecule has 0 aliphatic heterocycles. The summed E-state index contributed by atoms with van der Waals surface area (Å²) >= 11 is 0. The second kappa shape index (κ2) is 3.62. The summed E-state index contributed by atoms with van der Waals surface area (Å²) in [6, 6.07) is 6.49. The Morgan fingerprint density at radius 2 is 2.16 bits per heavy atom. The molecule has 1 aromatic heterocycles. The van der Waals surface area contributed by atoms with Crippen LogP contribution in [0.25, 0.3) is 10.9 Å². The standard InChI is InChI=1S/C16H17NO2/c18-15(19)9-16(6-7-16)10-4-5-14-12(8-10)11-2-1-3-13(11)17-14/h4-5,8,17H,1-3,6-7,9H2,(H,18,19). The number of nitrogens with one attached hydrogen (secondary N) is 1. The number of carboxylic acid groups (broad SMARTS) is 1. The number of carbonyl (C=O) groups is 1. The molecule has 3 nitrogen and oxygen atoms in total. The average Bonchev–Trinajstić information content (AvgIpc) is 2.85. The Labute approximate surface area is 111 Å². The molecule has 0 radical (unpaired) electrons. The van der Waals surface area contributed by atoms with E-state index in [1.807, 2.05) is 0 Å². The van der Waals surface area contributed by atoms with E-state index in [0.717, 1.165) is 25.7 Å². The minimum Gasteiger partial charge on any atom is -0.481 e. The molecule has 2 aromatic rings. The molecule has 1 fully saturated rings. The van der Waals surface area contributed by atoms with Crippen molar-refractivity contribution in [2.45, 2.75) is 43.9 Å². The van der Waals surface area contributed by atoms with Crippen LogP contribution in [0.4, 0.5) is 0 Å². The number of aromatic nitrogens is 1. The molecule has 2 aliphatic carbocycles. The van der Waals surface area contributed by atoms with Crippen molar-refractivity contribution in [2.24, 2.45) is 0 Å². The molecular weight excluding hydrogens is 238 g/mol. The van der Waals surface area contributed by atoms with E-state index in [1.165, 1.54) is 34.1 Å². The highest BCUT2D eigenvalue weighted by molar-refractivity contribution is 5.86. The van der Waals surface area contributed by atoms with Crippen molar-refractivity contribution >= 4 is 16.9 Å². The summed E-state index contributed by atoms with van der Waals surface area (Å²) in [5.41, 5.74) is 5.19. The summed E-state index contributed by atoms with van der Waals surface area (Å²) in [6.45, 7) is 0. The first-order valence-corrected chi connectivity index (χ1v) is 7.04. The van der Waals surface area contributed by atoms with Crippen molar-refractivity contribution in [1.29, 1.82) is 0 Å². The molecule has 3 heteroatoms. The molecule has 0 spiro atoms. The van der Waals surface area contributed by atoms with Gasteiger partial charge in [-0.25, -0.2) is 0 Å². The lowest BCUT2D eigenvalue weighted by atomic mass is 9.91. The fourth-order valence-corrected chi connectivity index (χ4v) is 3.58. The Kier molecular flexibility index (Phi) is 2.12. The van der Waals surface area contributed by atoms with Crippen LogP contribution in [0.3, 0.4) is 0 Å². The van der Waals surface area contributed by atoms with Crippen LogP contribution in [0.2, 0.25) is 0 Å². The third-order valence-electron chi connectivity index (χ3n) is 4.80. The Hall–Kier alpha value is -1.77. The van der Waals surface area contributed by atoms with E-state index in [4.69, 9.17) is 5.11 Å². The number of rotatable bonds is 3. The van der Waals surface area contributed by atoms with Gasteiger partial charge in [0.2, 0.25) is 0 Å². The van der Waals surface area contributed by atoms with Gasteiger partial charge in [0.25, 0.3) is 0 Å². The number of aromatic amines is 1. The molecular formula is C16H17NO2. The van der Waals surface area contributed by atoms with E-state index < -0.39 is 5.97 Å². The third-order valence-corrected chi connectivity index (χ3v) is 4.80. The third kappa shape index (κ3) is 1.61. The molecule has 4 rings (SSSR count). The molecule has 1 aromatic carbocycles. The number of carboxylic acids is 1. The van der Waals surface area contributed by atoms with E-state index in [-0.39, 0.29) is 11.8 Å². The summed E-state index contributed by atoms with van der Waals surface area (Å²) in [4.78, 5) is 14.5. The summed E-state index contributed by atoms with van der Waals surface area (Å²) in [6.07, 6.45) is 5.84. The first kappa shape index (κ1) is 11.1. The summed E-state index contributed by atoms with van der Waals surface area (Å²) in [7, 11) is 0. The predicted octanol–water partition coefficient (Wildman–Crippen LogP) is 3.16. The molecule has 98 valence electrons. The summed E-state index contributed by atoms with van der Waals surface area (Å²) in [5, 5.41) is 10.4. The molecule has 1 heterocycles. The Morgan fingerprint density at radius 3 is 2.89 bits per heavy atom. The van der Waals surface area contributed by atoms with Gasteiger partial charge in [0.05, 0.1) is 6.42 Å². The topological polar surface area (TPSA) is 53.1 Å². The predicted molar refractivity (Wildman–Crippen MR) is 73.5 cm³/mol. The number of fused-ring (bicyclic) bond motifs is 3. The summed E-state index contributed by atoms with van der Waals surface area (Å²) < 4.78 is 0. The van der Waals surface area contributed by atoms with E-state index in [1.54, 1.807) is 0 Å². The SMILES string of the molecule is O=C(O)CC1(c2ccc3[nH]c4c(c3c2)CCC4)CC1. The van der Waals surface area contributed by atoms with Crippen LogP contribution in [-0.4, -0.2) is 16.1 Å². The number of aryl methyl sites for hydroxylation is 2. The molecule has 2 aliphatic rings. The number of hydrogen-bond donors (Lipinski definition) is 2. The molecule has 2 N–H and O–H groups in total. The maximum Gasteiger partial charge on any atom is 0.304 e. The average molecular weight is 255 g/mol. The smallest absolute Gasteiger partial charge is 0.304 e. The van der Waals surface area contributed by atoms with Gasteiger partial charge in [-0.2, -0.15) is 0 Å². The molecule has 19 heavy (non-hydrogen) atoms. The lowest BCUT2D eigenvalue weighted by molar-refractivity contribution is -0.137. The minimum absolute atomic E-state index is 0.0806. The Balaban J connectivity index is 1.82. The highest BCUT2D eigenvalue weighted by atomic mass is 16.4. The van der Waals surface area contributed by atoms with Gasteiger partial charge in [0, 0.05) is 22.0 Å². The number of aliphatic carboxylic acids is 1. The van der Waals surface area contributed by atoms with Crippen LogP contribution in [0.5, 0.6) is 0 Å². The van der Waals surface area contributed by atoms with Crippen LogP contribution in [0.15, 0.2) is 18.2 Å². The van der Waals surface area contributed by atoms with E-state index >= 15 is 0 Å². The van der Waals surface area contributed by atoms with Gasteiger partial charge < -0.3 is 10.1 Å². The zero-order chi connectivity index (χ0) is 13.0. The lowest BCUT2D eigenvalue weighted by Crippen LogP contribution is -2.12. The first-order chi connectivity index (χ1) is 9.18. The van der Waals surface area contributed by atoms with Gasteiger partial charge in [0.1, 0.15) is 0 Å². The molecule has 0 bridgehead atoms. The van der Waals surface area contributed by atoms with Gasteiger partial charge >= 0.3 is 5.97 Å². The number of H-pyrrole nitrogens is 1. The normalized spacial score (nSPS) is 19.6. The quantitative estimate of drug-likeness (QED) is 0.885. The van der Waals surface area contributed by atoms with Crippen molar-refractivity contribution in [3.8, 4) is 0 Å². The van der Waals surface area contributed by atoms with Crippen molar-refractivity contribution in [3.63, 3.8) is 0 Å². The van der Waals surface area contributed by atoms with Gasteiger partial charge in [0.15, 0.2) is 0 Å². The molecule has 0 atom stereocenters. The minimum atomic E-state index is -0.683. The van der Waals surface area contributed by atoms with Gasteiger partial charge in [-0.05, 0) is 55.4 Å². The van der Waals surface area contributed by atoms with E-state index in [2.05, 4.69) is 23.2 Å². The zero-order valence-electron chi connectivity index (χ0n) is 10.8. The fraction of sp³-hybridized carbons (Fsp3) is 0.438.